The summed E-state index contributed by atoms with van der Waals surface area (Å²) in [5.74, 6) is 2.30. The first-order chi connectivity index (χ1) is 6.93. The van der Waals surface area contributed by atoms with Gasteiger partial charge in [-0.15, -0.1) is 11.8 Å². The Balaban J connectivity index is 1.85. The highest BCUT2D eigenvalue weighted by Gasteiger charge is 2.22. The second kappa shape index (κ2) is 3.48. The molecule has 2 aliphatic heterocycles. The summed E-state index contributed by atoms with van der Waals surface area (Å²) in [5, 5.41) is 3.22. The van der Waals surface area contributed by atoms with E-state index < -0.39 is 0 Å². The van der Waals surface area contributed by atoms with Crippen molar-refractivity contribution >= 4 is 11.8 Å². The molecule has 0 aromatic heterocycles. The fourth-order valence-corrected chi connectivity index (χ4v) is 2.94. The Kier molecular flexibility index (Phi) is 2.14. The Hall–Kier alpha value is -0.670. The third kappa shape index (κ3) is 1.41. The Morgan fingerprint density at radius 1 is 1.36 bits per heavy atom. The van der Waals surface area contributed by atoms with Gasteiger partial charge in [0, 0.05) is 18.8 Å². The normalized spacial score (nSPS) is 20.3. The zero-order valence-corrected chi connectivity index (χ0v) is 8.77. The van der Waals surface area contributed by atoms with E-state index >= 15 is 0 Å². The molecule has 2 aliphatic rings. The number of thioether (sulfide) groups is 1. The summed E-state index contributed by atoms with van der Waals surface area (Å²) in [7, 11) is 0. The van der Waals surface area contributed by atoms with Gasteiger partial charge in [-0.25, -0.2) is 0 Å². The topological polar surface area (TPSA) is 21.3 Å². The van der Waals surface area contributed by atoms with Gasteiger partial charge in [-0.1, -0.05) is 12.1 Å². The second-order valence-corrected chi connectivity index (χ2v) is 4.85. The molecule has 0 aliphatic carbocycles. The lowest BCUT2D eigenvalue weighted by Crippen LogP contribution is -2.50. The van der Waals surface area contributed by atoms with Crippen molar-refractivity contribution in [1.82, 2.24) is 5.32 Å². The van der Waals surface area contributed by atoms with Crippen molar-refractivity contribution in [2.24, 2.45) is 0 Å². The first-order valence-electron chi connectivity index (χ1n) is 5.05. The van der Waals surface area contributed by atoms with Crippen LogP contribution in [0.1, 0.15) is 5.56 Å². The van der Waals surface area contributed by atoms with E-state index in [0.717, 1.165) is 18.8 Å². The summed E-state index contributed by atoms with van der Waals surface area (Å²) in [6.07, 6.45) is 1.59. The van der Waals surface area contributed by atoms with Gasteiger partial charge >= 0.3 is 0 Å². The molecule has 1 N–H and O–H groups in total. The number of ether oxygens (including phenoxy) is 1. The van der Waals surface area contributed by atoms with Crippen LogP contribution in [0.5, 0.6) is 5.75 Å². The van der Waals surface area contributed by atoms with Crippen LogP contribution in [0.2, 0.25) is 0 Å². The van der Waals surface area contributed by atoms with Gasteiger partial charge in [0.1, 0.15) is 11.9 Å². The second-order valence-electron chi connectivity index (χ2n) is 3.74. The molecular formula is C11H13NOS. The van der Waals surface area contributed by atoms with Gasteiger partial charge in [0.25, 0.3) is 0 Å². The van der Waals surface area contributed by atoms with E-state index in [-0.39, 0.29) is 0 Å². The molecular weight excluding hydrogens is 194 g/mol. The van der Waals surface area contributed by atoms with E-state index in [2.05, 4.69) is 23.5 Å². The molecule has 1 aromatic rings. The number of rotatable bonds is 2. The zero-order valence-electron chi connectivity index (χ0n) is 7.95. The van der Waals surface area contributed by atoms with Gasteiger partial charge in [-0.3, -0.25) is 0 Å². The lowest BCUT2D eigenvalue weighted by Gasteiger charge is -2.28. The van der Waals surface area contributed by atoms with E-state index in [1.165, 1.54) is 22.6 Å². The van der Waals surface area contributed by atoms with Crippen molar-refractivity contribution in [3.63, 3.8) is 0 Å². The SMILES string of the molecule is c1cc2c(c(OC3CNC3)c1)SCC2. The predicted octanol–water partition coefficient (Wildman–Crippen LogP) is 1.69. The van der Waals surface area contributed by atoms with Gasteiger partial charge in [0.2, 0.25) is 0 Å². The first kappa shape index (κ1) is 8.62. The summed E-state index contributed by atoms with van der Waals surface area (Å²) in [6, 6.07) is 6.41. The molecule has 14 heavy (non-hydrogen) atoms. The molecule has 1 aromatic carbocycles. The van der Waals surface area contributed by atoms with Crippen molar-refractivity contribution in [3.8, 4) is 5.75 Å². The van der Waals surface area contributed by atoms with Crippen molar-refractivity contribution in [3.05, 3.63) is 23.8 Å². The molecule has 3 heteroatoms. The number of nitrogens with one attached hydrogen (secondary N) is 1. The van der Waals surface area contributed by atoms with Crippen LogP contribution in [0, 0.1) is 0 Å². The van der Waals surface area contributed by atoms with Crippen LogP contribution in [-0.4, -0.2) is 24.9 Å². The molecule has 0 saturated carbocycles. The molecule has 0 unspecified atom stereocenters. The monoisotopic (exact) mass is 207 g/mol. The molecule has 0 atom stereocenters. The summed E-state index contributed by atoms with van der Waals surface area (Å²) < 4.78 is 5.91. The van der Waals surface area contributed by atoms with Crippen LogP contribution in [0.4, 0.5) is 0 Å². The largest absolute Gasteiger partial charge is 0.487 e. The molecule has 3 rings (SSSR count). The maximum atomic E-state index is 5.91. The van der Waals surface area contributed by atoms with Crippen molar-refractivity contribution in [2.75, 3.05) is 18.8 Å². The minimum atomic E-state index is 0.391. The third-order valence-corrected chi connectivity index (χ3v) is 3.88. The van der Waals surface area contributed by atoms with E-state index in [9.17, 15) is 0 Å². The highest BCUT2D eigenvalue weighted by atomic mass is 32.2. The maximum absolute atomic E-state index is 5.91. The third-order valence-electron chi connectivity index (χ3n) is 2.72. The standard InChI is InChI=1S/C11H13NOS/c1-2-8-4-5-14-11(8)10(3-1)13-9-6-12-7-9/h1-3,9,12H,4-7H2. The van der Waals surface area contributed by atoms with Crippen LogP contribution < -0.4 is 10.1 Å². The minimum Gasteiger partial charge on any atom is -0.487 e. The molecule has 1 saturated heterocycles. The van der Waals surface area contributed by atoms with Crippen LogP contribution >= 0.6 is 11.8 Å². The van der Waals surface area contributed by atoms with E-state index in [0.29, 0.717) is 6.10 Å². The maximum Gasteiger partial charge on any atom is 0.133 e. The number of fused-ring (bicyclic) bond motifs is 1. The fourth-order valence-electron chi connectivity index (χ4n) is 1.80. The van der Waals surface area contributed by atoms with Gasteiger partial charge in [0.15, 0.2) is 0 Å². The van der Waals surface area contributed by atoms with Crippen molar-refractivity contribution in [1.29, 1.82) is 0 Å². The highest BCUT2D eigenvalue weighted by Crippen LogP contribution is 2.39. The molecule has 0 spiro atoms. The molecule has 0 radical (unpaired) electrons. The number of hydrogen-bond donors (Lipinski definition) is 1. The van der Waals surface area contributed by atoms with Crippen LogP contribution in [0.3, 0.4) is 0 Å². The molecule has 0 amide bonds. The lowest BCUT2D eigenvalue weighted by atomic mass is 10.1. The van der Waals surface area contributed by atoms with E-state index in [4.69, 9.17) is 4.74 Å². The number of aryl methyl sites for hydroxylation is 1. The van der Waals surface area contributed by atoms with Crippen LogP contribution in [0.25, 0.3) is 0 Å². The number of benzene rings is 1. The molecule has 1 fully saturated rings. The van der Waals surface area contributed by atoms with Crippen molar-refractivity contribution < 1.29 is 4.74 Å². The fraction of sp³-hybridized carbons (Fsp3) is 0.455. The smallest absolute Gasteiger partial charge is 0.133 e. The summed E-state index contributed by atoms with van der Waals surface area (Å²) in [4.78, 5) is 1.37. The minimum absolute atomic E-state index is 0.391. The Labute approximate surface area is 88.0 Å². The van der Waals surface area contributed by atoms with Gasteiger partial charge < -0.3 is 10.1 Å². The number of hydrogen-bond acceptors (Lipinski definition) is 3. The van der Waals surface area contributed by atoms with Gasteiger partial charge in [-0.05, 0) is 18.1 Å². The Morgan fingerprint density at radius 3 is 3.07 bits per heavy atom. The average Bonchev–Trinajstić information content (AvgIpc) is 2.59. The van der Waals surface area contributed by atoms with Gasteiger partial charge in [-0.2, -0.15) is 0 Å². The van der Waals surface area contributed by atoms with E-state index in [1.54, 1.807) is 0 Å². The lowest BCUT2D eigenvalue weighted by molar-refractivity contribution is 0.138. The molecule has 0 bridgehead atoms. The van der Waals surface area contributed by atoms with E-state index in [1.807, 2.05) is 11.8 Å². The molecule has 74 valence electrons. The predicted molar refractivity (Wildman–Crippen MR) is 58.2 cm³/mol. The first-order valence-corrected chi connectivity index (χ1v) is 6.04. The van der Waals surface area contributed by atoms with Gasteiger partial charge in [0.05, 0.1) is 4.90 Å². The Bertz CT molecular complexity index is 349. The summed E-state index contributed by atoms with van der Waals surface area (Å²) >= 11 is 1.93. The van der Waals surface area contributed by atoms with Crippen molar-refractivity contribution in [2.45, 2.75) is 17.4 Å². The Morgan fingerprint density at radius 2 is 2.29 bits per heavy atom. The average molecular weight is 207 g/mol. The molecule has 2 heterocycles. The highest BCUT2D eigenvalue weighted by molar-refractivity contribution is 7.99. The summed E-state index contributed by atoms with van der Waals surface area (Å²) in [5.41, 5.74) is 1.46. The van der Waals surface area contributed by atoms with Crippen LogP contribution in [0.15, 0.2) is 23.1 Å². The van der Waals surface area contributed by atoms with Crippen LogP contribution in [-0.2, 0) is 6.42 Å². The quantitative estimate of drug-likeness (QED) is 0.797. The zero-order chi connectivity index (χ0) is 9.38. The summed E-state index contributed by atoms with van der Waals surface area (Å²) in [6.45, 7) is 1.99. The molecule has 2 nitrogen and oxygen atoms in total.